The average molecular weight is 375 g/mol. The Morgan fingerprint density at radius 3 is 2.68 bits per heavy atom. The van der Waals surface area contributed by atoms with Gasteiger partial charge in [0.15, 0.2) is 0 Å². The molecule has 0 saturated heterocycles. The van der Waals surface area contributed by atoms with E-state index < -0.39 is 0 Å². The number of halogens is 1. The maximum Gasteiger partial charge on any atom is 0.233 e. The lowest BCUT2D eigenvalue weighted by Gasteiger charge is -2.19. The lowest BCUT2D eigenvalue weighted by atomic mass is 10.1. The number of carbonyl (C=O) groups excluding carboxylic acids is 1. The summed E-state index contributed by atoms with van der Waals surface area (Å²) >= 11 is 3.13. The summed E-state index contributed by atoms with van der Waals surface area (Å²) in [6.45, 7) is 3.77. The number of hydrogen-bond acceptors (Lipinski definition) is 4. The molecule has 1 N–H and O–H groups in total. The highest BCUT2D eigenvalue weighted by atomic mass is 32.2. The maximum atomic E-state index is 13.0. The van der Waals surface area contributed by atoms with Gasteiger partial charge in [-0.1, -0.05) is 53.9 Å². The molecular weight excluding hydrogens is 355 g/mol. The molecule has 0 saturated carbocycles. The Morgan fingerprint density at radius 2 is 1.92 bits per heavy atom. The van der Waals surface area contributed by atoms with Gasteiger partial charge in [0.2, 0.25) is 5.91 Å². The number of benzene rings is 2. The molecule has 2 aromatic carbocycles. The van der Waals surface area contributed by atoms with Crippen LogP contribution in [-0.2, 0) is 10.5 Å². The molecule has 1 heterocycles. The van der Waals surface area contributed by atoms with Crippen molar-refractivity contribution in [2.45, 2.75) is 30.9 Å². The maximum absolute atomic E-state index is 13.0. The second kappa shape index (κ2) is 8.06. The first-order chi connectivity index (χ1) is 12.0. The van der Waals surface area contributed by atoms with Gasteiger partial charge in [0.1, 0.15) is 10.2 Å². The van der Waals surface area contributed by atoms with Crippen LogP contribution < -0.4 is 5.32 Å². The van der Waals surface area contributed by atoms with Crippen LogP contribution in [0, 0.1) is 5.82 Å². The number of carbonyl (C=O) groups is 1. The first-order valence-corrected chi connectivity index (χ1v) is 9.91. The summed E-state index contributed by atoms with van der Waals surface area (Å²) in [5.74, 6) is 0.547. The minimum Gasteiger partial charge on any atom is -0.349 e. The molecule has 0 spiro atoms. The van der Waals surface area contributed by atoms with E-state index in [0.717, 1.165) is 21.4 Å². The van der Waals surface area contributed by atoms with Crippen LogP contribution in [0.1, 0.15) is 31.0 Å². The van der Waals surface area contributed by atoms with Crippen molar-refractivity contribution in [1.29, 1.82) is 0 Å². The van der Waals surface area contributed by atoms with Crippen molar-refractivity contribution in [2.24, 2.45) is 4.99 Å². The van der Waals surface area contributed by atoms with Crippen LogP contribution in [0.25, 0.3) is 0 Å². The Balaban J connectivity index is 1.59. The Bertz CT molecular complexity index is 792. The fraction of sp³-hybridized carbons (Fsp3) is 0.263. The number of aliphatic imine (C=N–C) groups is 1. The zero-order valence-corrected chi connectivity index (χ0v) is 15.7. The smallest absolute Gasteiger partial charge is 0.233 e. The molecule has 1 amide bonds. The Hall–Kier alpha value is -1.79. The van der Waals surface area contributed by atoms with Gasteiger partial charge >= 0.3 is 0 Å². The molecule has 6 heteroatoms. The molecule has 0 aromatic heterocycles. The minimum atomic E-state index is -0.279. The minimum absolute atomic E-state index is 0.0519. The van der Waals surface area contributed by atoms with Crippen molar-refractivity contribution in [3.05, 3.63) is 65.5 Å². The number of para-hydroxylation sites is 1. The first kappa shape index (κ1) is 18.0. The SMILES string of the molecule is C[C@H](SC1=Nc2ccccc2CS1)C(=O)N[C@@H](C)c1ccc(F)cc1. The van der Waals surface area contributed by atoms with E-state index in [1.807, 2.05) is 32.0 Å². The molecular formula is C19H19FN2OS2. The molecule has 2 atom stereocenters. The monoisotopic (exact) mass is 374 g/mol. The molecule has 0 bridgehead atoms. The number of rotatable bonds is 4. The highest BCUT2D eigenvalue weighted by Crippen LogP contribution is 2.35. The predicted molar refractivity (Wildman–Crippen MR) is 105 cm³/mol. The van der Waals surface area contributed by atoms with Crippen molar-refractivity contribution in [1.82, 2.24) is 5.32 Å². The molecule has 0 radical (unpaired) electrons. The van der Waals surface area contributed by atoms with E-state index in [-0.39, 0.29) is 23.0 Å². The van der Waals surface area contributed by atoms with Crippen LogP contribution in [0.5, 0.6) is 0 Å². The summed E-state index contributed by atoms with van der Waals surface area (Å²) in [4.78, 5) is 17.1. The van der Waals surface area contributed by atoms with E-state index >= 15 is 0 Å². The fourth-order valence-corrected chi connectivity index (χ4v) is 4.64. The van der Waals surface area contributed by atoms with E-state index in [1.165, 1.54) is 29.5 Å². The van der Waals surface area contributed by atoms with Gasteiger partial charge in [0, 0.05) is 5.75 Å². The van der Waals surface area contributed by atoms with Crippen molar-refractivity contribution < 1.29 is 9.18 Å². The van der Waals surface area contributed by atoms with Crippen LogP contribution >= 0.6 is 23.5 Å². The van der Waals surface area contributed by atoms with Crippen LogP contribution in [-0.4, -0.2) is 15.5 Å². The van der Waals surface area contributed by atoms with Gasteiger partial charge in [-0.15, -0.1) is 0 Å². The van der Waals surface area contributed by atoms with Gasteiger partial charge < -0.3 is 5.32 Å². The largest absolute Gasteiger partial charge is 0.349 e. The molecule has 25 heavy (non-hydrogen) atoms. The van der Waals surface area contributed by atoms with E-state index in [4.69, 9.17) is 0 Å². The molecule has 3 nitrogen and oxygen atoms in total. The Labute approximate surface area is 155 Å². The fourth-order valence-electron chi connectivity index (χ4n) is 2.44. The number of nitrogens with one attached hydrogen (secondary N) is 1. The lowest BCUT2D eigenvalue weighted by Crippen LogP contribution is -2.33. The van der Waals surface area contributed by atoms with Crippen molar-refractivity contribution >= 4 is 39.5 Å². The van der Waals surface area contributed by atoms with Crippen molar-refractivity contribution in [3.8, 4) is 0 Å². The van der Waals surface area contributed by atoms with Crippen LogP contribution in [0.2, 0.25) is 0 Å². The second-order valence-electron chi connectivity index (χ2n) is 5.84. The third-order valence-electron chi connectivity index (χ3n) is 3.93. The highest BCUT2D eigenvalue weighted by molar-refractivity contribution is 8.39. The Kier molecular flexibility index (Phi) is 5.81. The number of hydrogen-bond donors (Lipinski definition) is 1. The third kappa shape index (κ3) is 4.64. The number of thioether (sulfide) groups is 2. The second-order valence-corrected chi connectivity index (χ2v) is 8.39. The van der Waals surface area contributed by atoms with Gasteiger partial charge in [-0.3, -0.25) is 4.79 Å². The van der Waals surface area contributed by atoms with Gasteiger partial charge in [-0.2, -0.15) is 0 Å². The van der Waals surface area contributed by atoms with E-state index in [2.05, 4.69) is 16.4 Å². The quantitative estimate of drug-likeness (QED) is 0.813. The Morgan fingerprint density at radius 1 is 1.20 bits per heavy atom. The van der Waals surface area contributed by atoms with Crippen molar-refractivity contribution in [3.63, 3.8) is 0 Å². The standard InChI is InChI=1S/C19H19FN2OS2/c1-12(14-7-9-16(20)10-8-14)21-18(23)13(2)25-19-22-17-6-4-3-5-15(17)11-24-19/h3-10,12-13H,11H2,1-2H3,(H,21,23)/t12-,13-/m0/s1. The molecule has 2 aromatic rings. The van der Waals surface area contributed by atoms with Gasteiger partial charge in [-0.25, -0.2) is 9.38 Å². The van der Waals surface area contributed by atoms with Crippen LogP contribution in [0.4, 0.5) is 10.1 Å². The van der Waals surface area contributed by atoms with Crippen LogP contribution in [0.15, 0.2) is 53.5 Å². The van der Waals surface area contributed by atoms with E-state index in [0.29, 0.717) is 0 Å². The van der Waals surface area contributed by atoms with Crippen molar-refractivity contribution in [2.75, 3.05) is 0 Å². The molecule has 0 fully saturated rings. The summed E-state index contributed by atoms with van der Waals surface area (Å²) in [5, 5.41) is 2.73. The van der Waals surface area contributed by atoms with Gasteiger partial charge in [0.05, 0.1) is 17.0 Å². The van der Waals surface area contributed by atoms with Gasteiger partial charge in [-0.05, 0) is 43.2 Å². The van der Waals surface area contributed by atoms with E-state index in [1.54, 1.807) is 23.9 Å². The predicted octanol–water partition coefficient (Wildman–Crippen LogP) is 5.06. The third-order valence-corrected chi connectivity index (χ3v) is 6.23. The molecule has 1 aliphatic rings. The number of nitrogens with zero attached hydrogens (tertiary/aromatic N) is 1. The average Bonchev–Trinajstić information content (AvgIpc) is 2.62. The molecule has 130 valence electrons. The summed E-state index contributed by atoms with van der Waals surface area (Å²) in [6.07, 6.45) is 0. The lowest BCUT2D eigenvalue weighted by molar-refractivity contribution is -0.120. The summed E-state index contributed by atoms with van der Waals surface area (Å²) in [7, 11) is 0. The van der Waals surface area contributed by atoms with E-state index in [9.17, 15) is 9.18 Å². The first-order valence-electron chi connectivity index (χ1n) is 8.05. The normalized spacial score (nSPS) is 15.7. The summed E-state index contributed by atoms with van der Waals surface area (Å²) < 4.78 is 13.9. The zero-order valence-electron chi connectivity index (χ0n) is 14.0. The summed E-state index contributed by atoms with van der Waals surface area (Å²) in [6, 6.07) is 14.1. The molecule has 0 unspecified atom stereocenters. The van der Waals surface area contributed by atoms with Gasteiger partial charge in [0.25, 0.3) is 0 Å². The topological polar surface area (TPSA) is 41.5 Å². The zero-order chi connectivity index (χ0) is 17.8. The number of amides is 1. The molecule has 0 aliphatic carbocycles. The van der Waals surface area contributed by atoms with Crippen LogP contribution in [0.3, 0.4) is 0 Å². The molecule has 3 rings (SSSR count). The molecule has 1 aliphatic heterocycles. The number of fused-ring (bicyclic) bond motifs is 1. The summed E-state index contributed by atoms with van der Waals surface area (Å²) in [5.41, 5.74) is 3.08. The highest BCUT2D eigenvalue weighted by Gasteiger charge is 2.21.